The van der Waals surface area contributed by atoms with Crippen LogP contribution in [0.1, 0.15) is 36.7 Å². The Kier molecular flexibility index (Phi) is 3.00. The van der Waals surface area contributed by atoms with Crippen molar-refractivity contribution in [3.05, 3.63) is 29.3 Å². The first-order chi connectivity index (χ1) is 6.32. The number of halogens is 1. The molecule has 0 heterocycles. The van der Waals surface area contributed by atoms with E-state index in [1.165, 1.54) is 6.07 Å². The first-order valence-electron chi connectivity index (χ1n) is 4.35. The number of hydrogen-bond acceptors (Lipinski definition) is 2. The molecule has 1 N–H and O–H groups in total. The van der Waals surface area contributed by atoms with Crippen molar-refractivity contribution in [1.82, 2.24) is 0 Å². The molecule has 0 aliphatic heterocycles. The Morgan fingerprint density at radius 1 is 1.36 bits per heavy atom. The molecule has 0 spiro atoms. The molecular weight excluding hydrogens is 244 g/mol. The van der Waals surface area contributed by atoms with E-state index in [-0.39, 0.29) is 15.9 Å². The highest BCUT2D eigenvalue weighted by Gasteiger charge is 2.20. The number of aromatic hydroxyl groups is 1. The normalized spacial score (nSPS) is 11.4. The Morgan fingerprint density at radius 3 is 2.36 bits per heavy atom. The Hall–Kier alpha value is -0.830. The monoisotopic (exact) mass is 256 g/mol. The third-order valence-electron chi connectivity index (χ3n) is 2.02. The van der Waals surface area contributed by atoms with Crippen LogP contribution < -0.4 is 0 Å². The van der Waals surface area contributed by atoms with Crippen molar-refractivity contribution in [2.75, 3.05) is 0 Å². The first kappa shape index (κ1) is 11.2. The van der Waals surface area contributed by atoms with Gasteiger partial charge < -0.3 is 5.11 Å². The molecule has 0 radical (unpaired) electrons. The molecule has 3 heteroatoms. The standard InChI is InChI=1S/C11H13BrO2/c1-11(2,3)9-6-7(13)4-5-8(9)10(12)14/h4-6,13H,1-3H3. The van der Waals surface area contributed by atoms with Crippen LogP contribution in [0.15, 0.2) is 18.2 Å². The maximum Gasteiger partial charge on any atom is 0.228 e. The van der Waals surface area contributed by atoms with E-state index in [2.05, 4.69) is 15.9 Å². The van der Waals surface area contributed by atoms with Gasteiger partial charge in [0.2, 0.25) is 4.69 Å². The van der Waals surface area contributed by atoms with E-state index in [1.54, 1.807) is 12.1 Å². The summed E-state index contributed by atoms with van der Waals surface area (Å²) in [4.78, 5) is 11.3. The summed E-state index contributed by atoms with van der Waals surface area (Å²) in [6.45, 7) is 6.00. The molecule has 14 heavy (non-hydrogen) atoms. The van der Waals surface area contributed by atoms with Crippen LogP contribution in [-0.2, 0) is 5.41 Å². The van der Waals surface area contributed by atoms with Gasteiger partial charge in [-0.15, -0.1) is 0 Å². The summed E-state index contributed by atoms with van der Waals surface area (Å²) >= 11 is 2.93. The van der Waals surface area contributed by atoms with Crippen LogP contribution in [0.25, 0.3) is 0 Å². The van der Waals surface area contributed by atoms with Gasteiger partial charge in [-0.2, -0.15) is 0 Å². The summed E-state index contributed by atoms with van der Waals surface area (Å²) in [5, 5.41) is 9.36. The Bertz CT molecular complexity index is 364. The Morgan fingerprint density at radius 2 is 1.93 bits per heavy atom. The second-order valence-electron chi connectivity index (χ2n) is 4.25. The van der Waals surface area contributed by atoms with Gasteiger partial charge in [0.05, 0.1) is 0 Å². The summed E-state index contributed by atoms with van der Waals surface area (Å²) < 4.78 is -0.151. The molecule has 1 aromatic carbocycles. The van der Waals surface area contributed by atoms with Gasteiger partial charge >= 0.3 is 0 Å². The molecule has 0 unspecified atom stereocenters. The first-order valence-corrected chi connectivity index (χ1v) is 5.15. The third-order valence-corrected chi connectivity index (χ3v) is 2.45. The van der Waals surface area contributed by atoms with Gasteiger partial charge in [-0.25, -0.2) is 0 Å². The smallest absolute Gasteiger partial charge is 0.228 e. The van der Waals surface area contributed by atoms with Crippen molar-refractivity contribution in [2.24, 2.45) is 0 Å². The molecule has 2 nitrogen and oxygen atoms in total. The lowest BCUT2D eigenvalue weighted by molar-refractivity contribution is 0.109. The second-order valence-corrected chi connectivity index (χ2v) is 4.97. The second kappa shape index (κ2) is 3.73. The average molecular weight is 257 g/mol. The largest absolute Gasteiger partial charge is 0.508 e. The molecule has 0 saturated carbocycles. The lowest BCUT2D eigenvalue weighted by Gasteiger charge is -2.21. The fourth-order valence-corrected chi connectivity index (χ4v) is 1.67. The van der Waals surface area contributed by atoms with Crippen molar-refractivity contribution < 1.29 is 9.90 Å². The highest BCUT2D eigenvalue weighted by molar-refractivity contribution is 9.18. The average Bonchev–Trinajstić information content (AvgIpc) is 2.01. The Labute approximate surface area is 92.1 Å². The maximum atomic E-state index is 11.3. The predicted octanol–water partition coefficient (Wildman–Crippen LogP) is 3.22. The van der Waals surface area contributed by atoms with Gasteiger partial charge in [0.25, 0.3) is 0 Å². The topological polar surface area (TPSA) is 37.3 Å². The van der Waals surface area contributed by atoms with E-state index in [1.807, 2.05) is 20.8 Å². The molecule has 0 fully saturated rings. The van der Waals surface area contributed by atoms with Crippen molar-refractivity contribution >= 4 is 20.6 Å². The van der Waals surface area contributed by atoms with E-state index < -0.39 is 0 Å². The summed E-state index contributed by atoms with van der Waals surface area (Å²) in [6.07, 6.45) is 0. The van der Waals surface area contributed by atoms with E-state index >= 15 is 0 Å². The van der Waals surface area contributed by atoms with Crippen LogP contribution >= 0.6 is 15.9 Å². The van der Waals surface area contributed by atoms with Crippen LogP contribution in [0.4, 0.5) is 0 Å². The van der Waals surface area contributed by atoms with E-state index in [0.29, 0.717) is 5.56 Å². The number of hydrogen-bond donors (Lipinski definition) is 1. The van der Waals surface area contributed by atoms with Gasteiger partial charge in [0.15, 0.2) is 0 Å². The summed E-state index contributed by atoms with van der Waals surface area (Å²) in [5.74, 6) is 0.187. The molecule has 0 aliphatic rings. The lowest BCUT2D eigenvalue weighted by Crippen LogP contribution is -2.15. The van der Waals surface area contributed by atoms with Crippen LogP contribution in [0.3, 0.4) is 0 Å². The van der Waals surface area contributed by atoms with Crippen LogP contribution in [-0.4, -0.2) is 9.80 Å². The predicted molar refractivity (Wildman–Crippen MR) is 60.1 cm³/mol. The van der Waals surface area contributed by atoms with Crippen molar-refractivity contribution in [3.63, 3.8) is 0 Å². The molecular formula is C11H13BrO2. The van der Waals surface area contributed by atoms with E-state index in [4.69, 9.17) is 0 Å². The molecule has 1 rings (SSSR count). The number of carbonyl (C=O) groups is 1. The van der Waals surface area contributed by atoms with Gasteiger partial charge in [-0.3, -0.25) is 4.79 Å². The van der Waals surface area contributed by atoms with Crippen molar-refractivity contribution in [2.45, 2.75) is 26.2 Å². The van der Waals surface area contributed by atoms with Crippen molar-refractivity contribution in [1.29, 1.82) is 0 Å². The van der Waals surface area contributed by atoms with Gasteiger partial charge in [0, 0.05) is 5.56 Å². The number of rotatable bonds is 1. The zero-order chi connectivity index (χ0) is 10.9. The summed E-state index contributed by atoms with van der Waals surface area (Å²) in [7, 11) is 0. The molecule has 76 valence electrons. The summed E-state index contributed by atoms with van der Waals surface area (Å²) in [5.41, 5.74) is 1.30. The number of benzene rings is 1. The third kappa shape index (κ3) is 2.35. The number of phenols is 1. The highest BCUT2D eigenvalue weighted by Crippen LogP contribution is 2.30. The van der Waals surface area contributed by atoms with Crippen LogP contribution in [0.2, 0.25) is 0 Å². The molecule has 0 aliphatic carbocycles. The highest BCUT2D eigenvalue weighted by atomic mass is 79.9. The molecule has 0 amide bonds. The minimum absolute atomic E-state index is 0.151. The molecule has 0 aromatic heterocycles. The fraction of sp³-hybridized carbons (Fsp3) is 0.364. The van der Waals surface area contributed by atoms with Gasteiger partial charge in [-0.1, -0.05) is 20.8 Å². The van der Waals surface area contributed by atoms with Gasteiger partial charge in [-0.05, 0) is 45.1 Å². The van der Waals surface area contributed by atoms with Crippen molar-refractivity contribution in [3.8, 4) is 5.75 Å². The van der Waals surface area contributed by atoms with Gasteiger partial charge in [0.1, 0.15) is 5.75 Å². The maximum absolute atomic E-state index is 11.3. The number of carbonyl (C=O) groups excluding carboxylic acids is 1. The molecule has 0 saturated heterocycles. The minimum Gasteiger partial charge on any atom is -0.508 e. The van der Waals surface area contributed by atoms with Crippen LogP contribution in [0.5, 0.6) is 5.75 Å². The lowest BCUT2D eigenvalue weighted by atomic mass is 9.84. The quantitative estimate of drug-likeness (QED) is 0.784. The SMILES string of the molecule is CC(C)(C)c1cc(O)ccc1C(=O)Br. The van der Waals surface area contributed by atoms with Crippen LogP contribution in [0, 0.1) is 0 Å². The van der Waals surface area contributed by atoms with E-state index in [0.717, 1.165) is 5.56 Å². The molecule has 0 bridgehead atoms. The fourth-order valence-electron chi connectivity index (χ4n) is 1.32. The zero-order valence-electron chi connectivity index (χ0n) is 8.47. The van der Waals surface area contributed by atoms with E-state index in [9.17, 15) is 9.90 Å². The molecule has 0 atom stereocenters. The number of phenolic OH excluding ortho intramolecular Hbond substituents is 1. The molecule has 1 aromatic rings. The Balaban J connectivity index is 3.38. The minimum atomic E-state index is -0.155. The summed E-state index contributed by atoms with van der Waals surface area (Å²) in [6, 6.07) is 4.78. The zero-order valence-corrected chi connectivity index (χ0v) is 10.1.